The van der Waals surface area contributed by atoms with Crippen molar-refractivity contribution in [2.24, 2.45) is 10.9 Å². The van der Waals surface area contributed by atoms with Crippen molar-refractivity contribution in [3.63, 3.8) is 0 Å². The third kappa shape index (κ3) is 8.07. The fourth-order valence-corrected chi connectivity index (χ4v) is 11.5. The number of phenols is 1. The first-order valence-corrected chi connectivity index (χ1v) is 22.8. The fraction of sp³-hybridized carbons (Fsp3) is 0.392. The minimum absolute atomic E-state index is 0.278. The van der Waals surface area contributed by atoms with Crippen LogP contribution >= 0.6 is 11.3 Å². The van der Waals surface area contributed by atoms with Crippen molar-refractivity contribution in [2.75, 3.05) is 55.6 Å². The van der Waals surface area contributed by atoms with E-state index in [2.05, 4.69) is 113 Å². The second kappa shape index (κ2) is 17.1. The Hall–Kier alpha value is -5.09. The van der Waals surface area contributed by atoms with Crippen molar-refractivity contribution in [3.8, 4) is 5.75 Å². The van der Waals surface area contributed by atoms with Gasteiger partial charge in [0.05, 0.1) is 5.71 Å². The van der Waals surface area contributed by atoms with Gasteiger partial charge in [0.15, 0.2) is 0 Å². The van der Waals surface area contributed by atoms with Gasteiger partial charge in [0.2, 0.25) is 0 Å². The van der Waals surface area contributed by atoms with Gasteiger partial charge >= 0.3 is 0 Å². The van der Waals surface area contributed by atoms with Crippen LogP contribution < -0.4 is 9.80 Å². The first kappa shape index (κ1) is 40.3. The number of aryl methyl sites for hydroxylation is 2. The second-order valence-electron chi connectivity index (χ2n) is 17.6. The van der Waals surface area contributed by atoms with Gasteiger partial charge in [0.1, 0.15) is 28.5 Å². The van der Waals surface area contributed by atoms with Crippen LogP contribution in [0, 0.1) is 30.6 Å². The number of aromatic hydroxyl groups is 1. The highest BCUT2D eigenvalue weighted by Gasteiger charge is 2.34. The van der Waals surface area contributed by atoms with Crippen LogP contribution in [0.3, 0.4) is 0 Å². The molecule has 4 heterocycles. The molecule has 3 N–H and O–H groups in total. The number of benzene rings is 4. The zero-order valence-corrected chi connectivity index (χ0v) is 36.4. The molecule has 9 rings (SSSR count). The summed E-state index contributed by atoms with van der Waals surface area (Å²) in [6.07, 6.45) is 4.55. The Kier molecular flexibility index (Phi) is 11.5. The maximum atomic E-state index is 10.3. The van der Waals surface area contributed by atoms with E-state index in [9.17, 15) is 5.11 Å². The quantitative estimate of drug-likeness (QED) is 0.107. The standard InChI is InChI=1S/C51H59N7OS/c1-33-35(3)60-51-47(33)49(54-34(2)50(53)58(51)36(4)52)41-12-10-37(11-13-41)31-55-26-28-56(29-27-55)32-38-22-24-57(25-23-38)43-17-14-40(15-18-43)48-45(39-8-6-5-7-9-39)20-16-42-30-44(59)19-21-46(42)48/h5-15,17-19,21,30,34,38,45,48,52-53,59H,16,20,22-29,31-32H2,1-4H3/t34-,45+,48-/m0/s1. The fourth-order valence-electron chi connectivity index (χ4n) is 10.3. The Bertz CT molecular complexity index is 2370. The molecule has 4 aliphatic rings. The largest absolute Gasteiger partial charge is 0.508 e. The van der Waals surface area contributed by atoms with Crippen molar-refractivity contribution in [1.82, 2.24) is 9.80 Å². The third-order valence-electron chi connectivity index (χ3n) is 13.8. The SMILES string of the molecule is CC(=N)N1C(=N)[C@H](C)N=C(c2ccc(CN3CCN(CC4CCN(c5ccc([C@@H]6c7ccc(O)cc7CC[C@@H]6c6ccccc6)cc5)CC4)CC3)cc2)c2c1sc(C)c2C. The summed E-state index contributed by atoms with van der Waals surface area (Å²) < 4.78 is 0. The molecule has 1 aromatic heterocycles. The summed E-state index contributed by atoms with van der Waals surface area (Å²) in [5.74, 6) is 2.51. The van der Waals surface area contributed by atoms with Crippen LogP contribution in [0.1, 0.15) is 94.3 Å². The molecule has 3 atom stereocenters. The van der Waals surface area contributed by atoms with Crippen molar-refractivity contribution in [1.29, 1.82) is 10.8 Å². The number of piperidine rings is 1. The number of anilines is 2. The first-order valence-electron chi connectivity index (χ1n) is 22.0. The Morgan fingerprint density at radius 3 is 2.22 bits per heavy atom. The minimum atomic E-state index is -0.334. The molecule has 0 bridgehead atoms. The number of amidine groups is 2. The normalized spacial score (nSPS) is 21.6. The van der Waals surface area contributed by atoms with Crippen LogP contribution in [0.5, 0.6) is 5.75 Å². The molecular formula is C51H59N7OS. The molecule has 5 aromatic rings. The van der Waals surface area contributed by atoms with E-state index in [-0.39, 0.29) is 12.0 Å². The van der Waals surface area contributed by atoms with E-state index in [1.165, 1.54) is 63.3 Å². The molecule has 4 aromatic carbocycles. The van der Waals surface area contributed by atoms with Gasteiger partial charge in [-0.25, -0.2) is 0 Å². The number of nitrogens with zero attached hydrogens (tertiary/aromatic N) is 5. The molecule has 0 unspecified atom stereocenters. The molecule has 60 heavy (non-hydrogen) atoms. The lowest BCUT2D eigenvalue weighted by atomic mass is 9.69. The highest BCUT2D eigenvalue weighted by Crippen LogP contribution is 2.47. The number of piperazine rings is 1. The van der Waals surface area contributed by atoms with E-state index in [1.54, 1.807) is 23.2 Å². The average molecular weight is 818 g/mol. The van der Waals surface area contributed by atoms with Crippen molar-refractivity contribution in [2.45, 2.75) is 77.8 Å². The summed E-state index contributed by atoms with van der Waals surface area (Å²) in [5, 5.41) is 28.5. The molecule has 8 nitrogen and oxygen atoms in total. The zero-order valence-electron chi connectivity index (χ0n) is 35.6. The number of thiophene rings is 1. The minimum Gasteiger partial charge on any atom is -0.508 e. The molecule has 0 saturated carbocycles. The van der Waals surface area contributed by atoms with Crippen molar-refractivity contribution < 1.29 is 5.11 Å². The number of hydrogen-bond donors (Lipinski definition) is 3. The van der Waals surface area contributed by atoms with E-state index in [0.29, 0.717) is 23.3 Å². The van der Waals surface area contributed by atoms with Crippen LogP contribution in [0.15, 0.2) is 102 Å². The highest BCUT2D eigenvalue weighted by molar-refractivity contribution is 7.17. The average Bonchev–Trinajstić information content (AvgIpc) is 3.49. The van der Waals surface area contributed by atoms with Gasteiger partial charge < -0.3 is 14.9 Å². The van der Waals surface area contributed by atoms with Crippen molar-refractivity contribution in [3.05, 3.63) is 146 Å². The van der Waals surface area contributed by atoms with E-state index >= 15 is 0 Å². The molecular weight excluding hydrogens is 759 g/mol. The molecule has 3 aliphatic heterocycles. The number of hydrogen-bond acceptors (Lipinski definition) is 8. The van der Waals surface area contributed by atoms with Gasteiger partial charge in [0.25, 0.3) is 0 Å². The Morgan fingerprint density at radius 2 is 1.52 bits per heavy atom. The van der Waals surface area contributed by atoms with Crippen LogP contribution in [0.4, 0.5) is 10.7 Å². The summed E-state index contributed by atoms with van der Waals surface area (Å²) in [7, 11) is 0. The van der Waals surface area contributed by atoms with E-state index in [0.717, 1.165) is 86.4 Å². The lowest BCUT2D eigenvalue weighted by Gasteiger charge is -2.39. The van der Waals surface area contributed by atoms with Gasteiger partial charge in [-0.2, -0.15) is 0 Å². The van der Waals surface area contributed by atoms with Crippen LogP contribution in [0.2, 0.25) is 0 Å². The molecule has 1 aliphatic carbocycles. The summed E-state index contributed by atoms with van der Waals surface area (Å²) in [5.41, 5.74) is 12.3. The first-order chi connectivity index (χ1) is 29.1. The van der Waals surface area contributed by atoms with Gasteiger partial charge in [0, 0.05) is 80.0 Å². The predicted molar refractivity (Wildman–Crippen MR) is 249 cm³/mol. The number of fused-ring (bicyclic) bond motifs is 2. The van der Waals surface area contributed by atoms with Gasteiger partial charge in [-0.1, -0.05) is 72.8 Å². The van der Waals surface area contributed by atoms with Crippen LogP contribution in [-0.4, -0.2) is 84.1 Å². The second-order valence-corrected chi connectivity index (χ2v) is 18.8. The number of phenolic OH excluding ortho intramolecular Hbond substituents is 1. The van der Waals surface area contributed by atoms with E-state index in [4.69, 9.17) is 15.8 Å². The molecule has 2 saturated heterocycles. The Morgan fingerprint density at radius 1 is 0.817 bits per heavy atom. The Labute approximate surface area is 360 Å². The number of nitrogens with one attached hydrogen (secondary N) is 2. The molecule has 9 heteroatoms. The maximum absolute atomic E-state index is 10.3. The maximum Gasteiger partial charge on any atom is 0.132 e. The molecule has 0 radical (unpaired) electrons. The third-order valence-corrected chi connectivity index (χ3v) is 15.0. The highest BCUT2D eigenvalue weighted by atomic mass is 32.1. The number of rotatable bonds is 8. The molecule has 0 spiro atoms. The van der Waals surface area contributed by atoms with E-state index < -0.39 is 0 Å². The monoisotopic (exact) mass is 817 g/mol. The van der Waals surface area contributed by atoms with Gasteiger partial charge in [-0.05, 0) is 123 Å². The summed E-state index contributed by atoms with van der Waals surface area (Å²) in [6.45, 7) is 16.8. The summed E-state index contributed by atoms with van der Waals surface area (Å²) >= 11 is 1.66. The van der Waals surface area contributed by atoms with Crippen LogP contribution in [0.25, 0.3) is 0 Å². The van der Waals surface area contributed by atoms with Crippen LogP contribution in [-0.2, 0) is 13.0 Å². The molecule has 310 valence electrons. The lowest BCUT2D eigenvalue weighted by molar-refractivity contribution is 0.108. The predicted octanol–water partition coefficient (Wildman–Crippen LogP) is 9.99. The number of aliphatic imine (C=N–C) groups is 1. The Balaban J connectivity index is 0.774. The molecule has 2 fully saturated rings. The van der Waals surface area contributed by atoms with Gasteiger partial charge in [-0.3, -0.25) is 25.6 Å². The summed E-state index contributed by atoms with van der Waals surface area (Å²) in [6, 6.07) is 35.0. The van der Waals surface area contributed by atoms with E-state index in [1.807, 2.05) is 19.1 Å². The molecule has 0 amide bonds. The topological polar surface area (TPSA) is 93.2 Å². The zero-order chi connectivity index (χ0) is 41.5. The lowest BCUT2D eigenvalue weighted by Crippen LogP contribution is -2.48. The van der Waals surface area contributed by atoms with Gasteiger partial charge in [-0.15, -0.1) is 11.3 Å². The smallest absolute Gasteiger partial charge is 0.132 e. The van der Waals surface area contributed by atoms with Crippen molar-refractivity contribution >= 4 is 39.4 Å². The summed E-state index contributed by atoms with van der Waals surface area (Å²) in [4.78, 5) is 15.9.